The number of nitrogens with zero attached hydrogens (tertiary/aromatic N) is 2. The molecule has 1 heterocycles. The molecule has 0 radical (unpaired) electrons. The minimum absolute atomic E-state index is 0.0409. The number of thioether (sulfide) groups is 1. The zero-order valence-electron chi connectivity index (χ0n) is 18.9. The van der Waals surface area contributed by atoms with Crippen LogP contribution < -0.4 is 15.1 Å². The summed E-state index contributed by atoms with van der Waals surface area (Å²) in [6.45, 7) is 4.06. The molecule has 0 aliphatic carbocycles. The van der Waals surface area contributed by atoms with Crippen LogP contribution in [-0.4, -0.2) is 38.0 Å². The Labute approximate surface area is 209 Å². The van der Waals surface area contributed by atoms with Crippen molar-refractivity contribution in [1.29, 1.82) is 0 Å². The maximum absolute atomic E-state index is 13.3. The first-order valence-electron chi connectivity index (χ1n) is 11.2. The van der Waals surface area contributed by atoms with Gasteiger partial charge in [-0.2, -0.15) is 0 Å². The molecule has 0 bridgehead atoms. The number of halogens is 1. The average molecular weight is 492 g/mol. The van der Waals surface area contributed by atoms with E-state index < -0.39 is 0 Å². The standard InChI is InChI=1S/C27H26ClN3O2S/c1-2-30(22-11-4-3-5-12-22)16-15-29-26(32)19-31-23-13-6-7-14-24(23)34-25(27(31)33)18-20-9-8-10-21(28)17-20/h3-14,17-18H,2,15-16,19H2,1H3,(H,29,32)/b25-18+. The molecule has 2 amide bonds. The Morgan fingerprint density at radius 2 is 1.82 bits per heavy atom. The molecule has 3 aromatic rings. The lowest BCUT2D eigenvalue weighted by Gasteiger charge is -2.30. The predicted octanol–water partition coefficient (Wildman–Crippen LogP) is 5.46. The van der Waals surface area contributed by atoms with Gasteiger partial charge >= 0.3 is 0 Å². The predicted molar refractivity (Wildman–Crippen MR) is 141 cm³/mol. The molecule has 5 nitrogen and oxygen atoms in total. The van der Waals surface area contributed by atoms with Gasteiger partial charge < -0.3 is 10.2 Å². The fraction of sp³-hybridized carbons (Fsp3) is 0.185. The van der Waals surface area contributed by atoms with Gasteiger partial charge in [-0.3, -0.25) is 14.5 Å². The highest BCUT2D eigenvalue weighted by atomic mass is 35.5. The fourth-order valence-electron chi connectivity index (χ4n) is 3.81. The Morgan fingerprint density at radius 3 is 2.59 bits per heavy atom. The Kier molecular flexibility index (Phi) is 7.93. The van der Waals surface area contributed by atoms with E-state index in [1.807, 2.05) is 66.7 Å². The molecule has 0 spiro atoms. The first-order chi connectivity index (χ1) is 16.5. The second-order valence-corrected chi connectivity index (χ2v) is 9.31. The molecule has 4 rings (SSSR count). The molecule has 0 fully saturated rings. The van der Waals surface area contributed by atoms with Crippen LogP contribution in [0, 0.1) is 0 Å². The van der Waals surface area contributed by atoms with Gasteiger partial charge in [0.25, 0.3) is 5.91 Å². The van der Waals surface area contributed by atoms with Crippen molar-refractivity contribution in [3.05, 3.63) is 94.4 Å². The summed E-state index contributed by atoms with van der Waals surface area (Å²) < 4.78 is 0. The van der Waals surface area contributed by atoms with Gasteiger partial charge in [-0.05, 0) is 55.0 Å². The number of carbonyl (C=O) groups is 2. The van der Waals surface area contributed by atoms with E-state index in [-0.39, 0.29) is 18.4 Å². The number of nitrogens with one attached hydrogen (secondary N) is 1. The first-order valence-corrected chi connectivity index (χ1v) is 12.4. The van der Waals surface area contributed by atoms with E-state index in [1.165, 1.54) is 11.8 Å². The van der Waals surface area contributed by atoms with Gasteiger partial charge in [0, 0.05) is 35.2 Å². The third-order valence-electron chi connectivity index (χ3n) is 5.49. The monoisotopic (exact) mass is 491 g/mol. The summed E-state index contributed by atoms with van der Waals surface area (Å²) in [4.78, 5) is 31.4. The van der Waals surface area contributed by atoms with E-state index in [4.69, 9.17) is 11.6 Å². The summed E-state index contributed by atoms with van der Waals surface area (Å²) in [6.07, 6.45) is 1.82. The molecule has 0 saturated heterocycles. The van der Waals surface area contributed by atoms with Gasteiger partial charge in [-0.1, -0.05) is 65.8 Å². The third-order valence-corrected chi connectivity index (χ3v) is 6.80. The van der Waals surface area contributed by atoms with Crippen LogP contribution >= 0.6 is 23.4 Å². The van der Waals surface area contributed by atoms with E-state index in [9.17, 15) is 9.59 Å². The van der Waals surface area contributed by atoms with Crippen molar-refractivity contribution in [3.8, 4) is 0 Å². The van der Waals surface area contributed by atoms with Gasteiger partial charge in [-0.25, -0.2) is 0 Å². The molecule has 3 aromatic carbocycles. The van der Waals surface area contributed by atoms with Crippen molar-refractivity contribution in [2.45, 2.75) is 11.8 Å². The Balaban J connectivity index is 1.45. The zero-order chi connectivity index (χ0) is 23.9. The third kappa shape index (κ3) is 5.82. The summed E-state index contributed by atoms with van der Waals surface area (Å²) in [6, 6.07) is 25.1. The molecule has 1 aliphatic rings. The molecule has 1 N–H and O–H groups in total. The van der Waals surface area contributed by atoms with Gasteiger partial charge in [0.1, 0.15) is 6.54 Å². The van der Waals surface area contributed by atoms with Gasteiger partial charge in [0.05, 0.1) is 10.6 Å². The number of para-hydroxylation sites is 2. The Morgan fingerprint density at radius 1 is 1.06 bits per heavy atom. The molecule has 0 unspecified atom stereocenters. The summed E-state index contributed by atoms with van der Waals surface area (Å²) in [7, 11) is 0. The van der Waals surface area contributed by atoms with Crippen LogP contribution in [0.2, 0.25) is 5.02 Å². The van der Waals surface area contributed by atoms with Crippen LogP contribution in [0.3, 0.4) is 0 Å². The van der Waals surface area contributed by atoms with Crippen molar-refractivity contribution in [3.63, 3.8) is 0 Å². The van der Waals surface area contributed by atoms with Crippen molar-refractivity contribution < 1.29 is 9.59 Å². The van der Waals surface area contributed by atoms with Crippen molar-refractivity contribution in [2.24, 2.45) is 0 Å². The largest absolute Gasteiger partial charge is 0.370 e. The van der Waals surface area contributed by atoms with E-state index in [1.54, 1.807) is 11.0 Å². The fourth-order valence-corrected chi connectivity index (χ4v) is 5.06. The molecule has 0 aromatic heterocycles. The average Bonchev–Trinajstić information content (AvgIpc) is 2.85. The molecule has 174 valence electrons. The first kappa shape index (κ1) is 23.9. The summed E-state index contributed by atoms with van der Waals surface area (Å²) in [5.74, 6) is -0.389. The zero-order valence-corrected chi connectivity index (χ0v) is 20.5. The topological polar surface area (TPSA) is 52.7 Å². The van der Waals surface area contributed by atoms with Crippen LogP contribution in [0.5, 0.6) is 0 Å². The maximum atomic E-state index is 13.3. The molecular formula is C27H26ClN3O2S. The van der Waals surface area contributed by atoms with E-state index in [2.05, 4.69) is 29.3 Å². The van der Waals surface area contributed by atoms with E-state index >= 15 is 0 Å². The lowest BCUT2D eigenvalue weighted by Crippen LogP contribution is -2.44. The SMILES string of the molecule is CCN(CCNC(=O)CN1C(=O)/C(=C\c2cccc(Cl)c2)Sc2ccccc21)c1ccccc1. The lowest BCUT2D eigenvalue weighted by atomic mass is 10.2. The molecule has 7 heteroatoms. The number of benzene rings is 3. The number of hydrogen-bond donors (Lipinski definition) is 1. The number of carbonyl (C=O) groups excluding carboxylic acids is 2. The Hall–Kier alpha value is -3.22. The minimum Gasteiger partial charge on any atom is -0.370 e. The van der Waals surface area contributed by atoms with Crippen LogP contribution in [0.1, 0.15) is 12.5 Å². The number of likely N-dealkylation sites (N-methyl/N-ethyl adjacent to an activating group) is 1. The number of rotatable bonds is 8. The number of fused-ring (bicyclic) bond motifs is 1. The highest BCUT2D eigenvalue weighted by molar-refractivity contribution is 8.04. The van der Waals surface area contributed by atoms with E-state index in [0.29, 0.717) is 23.0 Å². The van der Waals surface area contributed by atoms with E-state index in [0.717, 1.165) is 28.4 Å². The summed E-state index contributed by atoms with van der Waals surface area (Å²) >= 11 is 7.52. The summed E-state index contributed by atoms with van der Waals surface area (Å²) in [5, 5.41) is 3.58. The highest BCUT2D eigenvalue weighted by Crippen LogP contribution is 2.42. The van der Waals surface area contributed by atoms with Crippen LogP contribution in [0.4, 0.5) is 11.4 Å². The van der Waals surface area contributed by atoms with Crippen LogP contribution in [0.15, 0.2) is 88.7 Å². The number of hydrogen-bond acceptors (Lipinski definition) is 4. The molecule has 0 atom stereocenters. The molecule has 0 saturated carbocycles. The minimum atomic E-state index is -0.196. The van der Waals surface area contributed by atoms with Crippen molar-refractivity contribution in [1.82, 2.24) is 5.32 Å². The highest BCUT2D eigenvalue weighted by Gasteiger charge is 2.30. The van der Waals surface area contributed by atoms with Crippen LogP contribution in [-0.2, 0) is 9.59 Å². The van der Waals surface area contributed by atoms with Gasteiger partial charge in [0.15, 0.2) is 0 Å². The molecular weight excluding hydrogens is 466 g/mol. The number of anilines is 2. The smallest absolute Gasteiger partial charge is 0.265 e. The Bertz CT molecular complexity index is 1200. The van der Waals surface area contributed by atoms with Gasteiger partial charge in [0.2, 0.25) is 5.91 Å². The normalized spacial score (nSPS) is 14.1. The quantitative estimate of drug-likeness (QED) is 0.425. The second kappa shape index (κ2) is 11.3. The maximum Gasteiger partial charge on any atom is 0.265 e. The van der Waals surface area contributed by atoms with Crippen molar-refractivity contribution in [2.75, 3.05) is 36.0 Å². The van der Waals surface area contributed by atoms with Crippen LogP contribution in [0.25, 0.3) is 6.08 Å². The molecule has 1 aliphatic heterocycles. The number of amides is 2. The second-order valence-electron chi connectivity index (χ2n) is 7.79. The van der Waals surface area contributed by atoms with Crippen molar-refractivity contribution >= 4 is 52.6 Å². The molecule has 34 heavy (non-hydrogen) atoms. The lowest BCUT2D eigenvalue weighted by molar-refractivity contribution is -0.122. The summed E-state index contributed by atoms with van der Waals surface area (Å²) in [5.41, 5.74) is 2.70. The van der Waals surface area contributed by atoms with Gasteiger partial charge in [-0.15, -0.1) is 0 Å².